The van der Waals surface area contributed by atoms with Crippen LogP contribution in [-0.4, -0.2) is 5.78 Å². The van der Waals surface area contributed by atoms with Gasteiger partial charge in [0.15, 0.2) is 0 Å². The van der Waals surface area contributed by atoms with Crippen molar-refractivity contribution in [3.8, 4) is 0 Å². The van der Waals surface area contributed by atoms with Gasteiger partial charge >= 0.3 is 0 Å². The first-order valence-corrected chi connectivity index (χ1v) is 7.06. The summed E-state index contributed by atoms with van der Waals surface area (Å²) in [6, 6.07) is 5.94. The number of carbonyl (C=O) groups excluding carboxylic acids is 1. The van der Waals surface area contributed by atoms with Crippen molar-refractivity contribution in [1.29, 1.82) is 0 Å². The van der Waals surface area contributed by atoms with E-state index >= 15 is 0 Å². The lowest BCUT2D eigenvalue weighted by atomic mass is 9.78. The molecule has 1 fully saturated rings. The van der Waals surface area contributed by atoms with Crippen molar-refractivity contribution in [3.63, 3.8) is 0 Å². The normalized spacial score (nSPS) is 22.1. The van der Waals surface area contributed by atoms with Crippen LogP contribution in [0.2, 0.25) is 5.02 Å². The van der Waals surface area contributed by atoms with Gasteiger partial charge in [-0.3, -0.25) is 4.79 Å². The van der Waals surface area contributed by atoms with E-state index in [9.17, 15) is 4.79 Å². The number of hydrogen-bond donors (Lipinski definition) is 0. The van der Waals surface area contributed by atoms with Gasteiger partial charge < -0.3 is 0 Å². The van der Waals surface area contributed by atoms with Crippen LogP contribution in [0, 0.1) is 18.3 Å². The molecule has 1 saturated carbocycles. The third-order valence-electron chi connectivity index (χ3n) is 4.22. The number of aryl methyl sites for hydroxylation is 1. The molecule has 2 heteroatoms. The second-order valence-corrected chi connectivity index (χ2v) is 6.58. The zero-order chi connectivity index (χ0) is 13.3. The van der Waals surface area contributed by atoms with E-state index in [4.69, 9.17) is 11.6 Å². The van der Waals surface area contributed by atoms with Crippen LogP contribution in [0.4, 0.5) is 0 Å². The lowest BCUT2D eigenvalue weighted by Gasteiger charge is -2.25. The van der Waals surface area contributed by atoms with Crippen LogP contribution in [0.1, 0.15) is 44.2 Å². The summed E-state index contributed by atoms with van der Waals surface area (Å²) in [5.41, 5.74) is 2.27. The lowest BCUT2D eigenvalue weighted by molar-refractivity contribution is -0.124. The number of ketones is 1. The lowest BCUT2D eigenvalue weighted by Crippen LogP contribution is -2.27. The summed E-state index contributed by atoms with van der Waals surface area (Å²) in [7, 11) is 0. The van der Waals surface area contributed by atoms with Crippen LogP contribution in [0.3, 0.4) is 0 Å². The summed E-state index contributed by atoms with van der Waals surface area (Å²) >= 11 is 6.20. The molecule has 0 amide bonds. The summed E-state index contributed by atoms with van der Waals surface area (Å²) in [5, 5.41) is 0.721. The maximum atomic E-state index is 12.4. The Morgan fingerprint density at radius 2 is 2.17 bits per heavy atom. The fourth-order valence-corrected chi connectivity index (χ4v) is 3.33. The van der Waals surface area contributed by atoms with E-state index in [1.807, 2.05) is 25.1 Å². The van der Waals surface area contributed by atoms with Gasteiger partial charge in [0.1, 0.15) is 5.78 Å². The zero-order valence-electron chi connectivity index (χ0n) is 11.4. The van der Waals surface area contributed by atoms with E-state index in [1.54, 1.807) is 0 Å². The minimum Gasteiger partial charge on any atom is -0.299 e. The van der Waals surface area contributed by atoms with Gasteiger partial charge in [0, 0.05) is 17.4 Å². The molecule has 0 aliphatic heterocycles. The summed E-state index contributed by atoms with van der Waals surface area (Å²) < 4.78 is 0. The summed E-state index contributed by atoms with van der Waals surface area (Å²) in [6.45, 7) is 6.43. The Bertz CT molecular complexity index is 462. The van der Waals surface area contributed by atoms with Crippen molar-refractivity contribution in [3.05, 3.63) is 34.3 Å². The highest BCUT2D eigenvalue weighted by molar-refractivity contribution is 6.31. The van der Waals surface area contributed by atoms with Crippen molar-refractivity contribution in [2.75, 3.05) is 0 Å². The number of benzene rings is 1. The summed E-state index contributed by atoms with van der Waals surface area (Å²) in [4.78, 5) is 12.4. The maximum absolute atomic E-state index is 12.4. The second-order valence-electron chi connectivity index (χ2n) is 6.17. The Kier molecular flexibility index (Phi) is 3.82. The first kappa shape index (κ1) is 13.6. The van der Waals surface area contributed by atoms with Crippen molar-refractivity contribution in [2.45, 2.75) is 46.5 Å². The topological polar surface area (TPSA) is 17.1 Å². The predicted octanol–water partition coefficient (Wildman–Crippen LogP) is 4.59. The number of hydrogen-bond acceptors (Lipinski definition) is 1. The van der Waals surface area contributed by atoms with Gasteiger partial charge in [0.05, 0.1) is 0 Å². The van der Waals surface area contributed by atoms with Crippen LogP contribution in [0.5, 0.6) is 0 Å². The molecule has 1 atom stereocenters. The fraction of sp³-hybridized carbons (Fsp3) is 0.562. The van der Waals surface area contributed by atoms with Crippen molar-refractivity contribution in [2.24, 2.45) is 11.3 Å². The van der Waals surface area contributed by atoms with E-state index in [0.717, 1.165) is 29.0 Å². The molecule has 0 radical (unpaired) electrons. The predicted molar refractivity (Wildman–Crippen MR) is 76.0 cm³/mol. The van der Waals surface area contributed by atoms with Crippen LogP contribution in [0.15, 0.2) is 18.2 Å². The highest BCUT2D eigenvalue weighted by atomic mass is 35.5. The van der Waals surface area contributed by atoms with Gasteiger partial charge in [-0.15, -0.1) is 0 Å². The molecule has 1 aliphatic carbocycles. The Morgan fingerprint density at radius 3 is 2.72 bits per heavy atom. The summed E-state index contributed by atoms with van der Waals surface area (Å²) in [5.74, 6) is 0.554. The Labute approximate surface area is 115 Å². The smallest absolute Gasteiger partial charge is 0.140 e. The molecule has 18 heavy (non-hydrogen) atoms. The standard InChI is InChI=1S/C16H21ClO/c1-11-6-7-12(14(17)9-11)10-15(18)13-5-4-8-16(13,2)3/h6-7,9,13H,4-5,8,10H2,1-3H3. The molecule has 1 aromatic carbocycles. The average Bonchev–Trinajstić information content (AvgIpc) is 2.62. The molecule has 1 nitrogen and oxygen atoms in total. The van der Waals surface area contributed by atoms with Crippen LogP contribution in [-0.2, 0) is 11.2 Å². The third-order valence-corrected chi connectivity index (χ3v) is 4.57. The van der Waals surface area contributed by atoms with Crippen LogP contribution >= 0.6 is 11.6 Å². The van der Waals surface area contributed by atoms with Gasteiger partial charge in [0.25, 0.3) is 0 Å². The second kappa shape index (κ2) is 5.05. The van der Waals surface area contributed by atoms with E-state index in [0.29, 0.717) is 12.2 Å². The quantitative estimate of drug-likeness (QED) is 0.781. The average molecular weight is 265 g/mol. The number of rotatable bonds is 3. The van der Waals surface area contributed by atoms with E-state index < -0.39 is 0 Å². The molecule has 1 aromatic rings. The third kappa shape index (κ3) is 2.77. The summed E-state index contributed by atoms with van der Waals surface area (Å²) in [6.07, 6.45) is 3.85. The SMILES string of the molecule is Cc1ccc(CC(=O)C2CCCC2(C)C)c(Cl)c1. The minimum atomic E-state index is 0.161. The van der Waals surface area contributed by atoms with Gasteiger partial charge in [-0.1, -0.05) is 44.0 Å². The molecule has 1 aliphatic rings. The van der Waals surface area contributed by atoms with E-state index in [1.165, 1.54) is 6.42 Å². The first-order valence-electron chi connectivity index (χ1n) is 6.68. The van der Waals surface area contributed by atoms with Crippen molar-refractivity contribution in [1.82, 2.24) is 0 Å². The number of Topliss-reactive ketones (excluding diaryl/α,β-unsaturated/α-hetero) is 1. The first-order chi connectivity index (χ1) is 8.40. The Balaban J connectivity index is 2.12. The molecular formula is C16H21ClO. The fourth-order valence-electron chi connectivity index (χ4n) is 3.03. The molecule has 0 saturated heterocycles. The van der Waals surface area contributed by atoms with Gasteiger partial charge in [-0.2, -0.15) is 0 Å². The molecule has 1 unspecified atom stereocenters. The van der Waals surface area contributed by atoms with Gasteiger partial charge in [-0.25, -0.2) is 0 Å². The molecule has 0 bridgehead atoms. The monoisotopic (exact) mass is 264 g/mol. The molecule has 2 rings (SSSR count). The van der Waals surface area contributed by atoms with Gasteiger partial charge in [-0.05, 0) is 42.4 Å². The molecule has 0 aromatic heterocycles. The van der Waals surface area contributed by atoms with Gasteiger partial charge in [0.2, 0.25) is 0 Å². The highest BCUT2D eigenvalue weighted by Gasteiger charge is 2.38. The number of halogens is 1. The van der Waals surface area contributed by atoms with E-state index in [2.05, 4.69) is 13.8 Å². The molecule has 0 heterocycles. The molecule has 0 spiro atoms. The van der Waals surface area contributed by atoms with Crippen LogP contribution in [0.25, 0.3) is 0 Å². The van der Waals surface area contributed by atoms with E-state index in [-0.39, 0.29) is 11.3 Å². The molecule has 0 N–H and O–H groups in total. The largest absolute Gasteiger partial charge is 0.299 e. The van der Waals surface area contributed by atoms with Crippen LogP contribution < -0.4 is 0 Å². The number of carbonyl (C=O) groups is 1. The maximum Gasteiger partial charge on any atom is 0.140 e. The zero-order valence-corrected chi connectivity index (χ0v) is 12.2. The molecule has 98 valence electrons. The Morgan fingerprint density at radius 1 is 1.44 bits per heavy atom. The van der Waals surface area contributed by atoms with Crippen molar-refractivity contribution >= 4 is 17.4 Å². The van der Waals surface area contributed by atoms with Crippen molar-refractivity contribution < 1.29 is 4.79 Å². The Hall–Kier alpha value is -0.820. The molecular weight excluding hydrogens is 244 g/mol. The highest BCUT2D eigenvalue weighted by Crippen LogP contribution is 2.43. The minimum absolute atomic E-state index is 0.161.